The summed E-state index contributed by atoms with van der Waals surface area (Å²) >= 11 is 0. The molecule has 6 heteroatoms. The topological polar surface area (TPSA) is 64.7 Å². The second-order valence-corrected chi connectivity index (χ2v) is 7.69. The van der Waals surface area contributed by atoms with Gasteiger partial charge >= 0.3 is 0 Å². The first-order valence-corrected chi connectivity index (χ1v) is 9.68. The monoisotopic (exact) mass is 361 g/mol. The second kappa shape index (κ2) is 6.37. The molecule has 1 N–H and O–H groups in total. The van der Waals surface area contributed by atoms with Gasteiger partial charge in [-0.2, -0.15) is 10.2 Å². The lowest BCUT2D eigenvalue weighted by molar-refractivity contribution is -0.116. The van der Waals surface area contributed by atoms with E-state index < -0.39 is 0 Å². The highest BCUT2D eigenvalue weighted by Gasteiger charge is 2.33. The van der Waals surface area contributed by atoms with Crippen molar-refractivity contribution in [3.05, 3.63) is 59.5 Å². The van der Waals surface area contributed by atoms with Crippen molar-refractivity contribution in [2.45, 2.75) is 51.0 Å². The molecule has 1 aliphatic carbocycles. The predicted molar refractivity (Wildman–Crippen MR) is 103 cm³/mol. The molecule has 3 aromatic rings. The van der Waals surface area contributed by atoms with Crippen molar-refractivity contribution < 1.29 is 4.79 Å². The Morgan fingerprint density at radius 2 is 2.00 bits per heavy atom. The van der Waals surface area contributed by atoms with E-state index in [0.717, 1.165) is 35.5 Å². The number of benzene rings is 1. The zero-order valence-corrected chi connectivity index (χ0v) is 15.4. The van der Waals surface area contributed by atoms with Crippen LogP contribution in [0.1, 0.15) is 60.8 Å². The van der Waals surface area contributed by atoms with Gasteiger partial charge in [-0.05, 0) is 43.0 Å². The smallest absolute Gasteiger partial charge is 0.226 e. The molecule has 5 rings (SSSR count). The minimum absolute atomic E-state index is 0.00228. The van der Waals surface area contributed by atoms with E-state index in [2.05, 4.69) is 34.6 Å². The van der Waals surface area contributed by atoms with E-state index in [0.29, 0.717) is 12.5 Å². The molecule has 1 amide bonds. The molecule has 1 aliphatic heterocycles. The first-order valence-electron chi connectivity index (χ1n) is 9.68. The summed E-state index contributed by atoms with van der Waals surface area (Å²) in [4.78, 5) is 12.4. The Kier molecular flexibility index (Phi) is 3.85. The molecule has 0 bridgehead atoms. The fraction of sp³-hybridized carbons (Fsp3) is 0.381. The van der Waals surface area contributed by atoms with E-state index in [9.17, 15) is 4.79 Å². The third-order valence-electron chi connectivity index (χ3n) is 5.79. The Hall–Kier alpha value is -2.89. The van der Waals surface area contributed by atoms with Crippen molar-refractivity contribution in [2.24, 2.45) is 0 Å². The highest BCUT2D eigenvalue weighted by Crippen LogP contribution is 2.40. The summed E-state index contributed by atoms with van der Waals surface area (Å²) in [6.07, 6.45) is 11.0. The van der Waals surface area contributed by atoms with Crippen LogP contribution in [0.2, 0.25) is 0 Å². The molecule has 1 fully saturated rings. The minimum atomic E-state index is 0.00228. The predicted octanol–water partition coefficient (Wildman–Crippen LogP) is 3.97. The summed E-state index contributed by atoms with van der Waals surface area (Å²) in [5.41, 5.74) is 4.38. The van der Waals surface area contributed by atoms with E-state index >= 15 is 0 Å². The van der Waals surface area contributed by atoms with Crippen molar-refractivity contribution in [1.29, 1.82) is 0 Å². The minimum Gasteiger partial charge on any atom is -0.311 e. The molecule has 138 valence electrons. The average molecular weight is 361 g/mol. The first-order chi connectivity index (χ1) is 13.2. The van der Waals surface area contributed by atoms with Crippen LogP contribution in [0.25, 0.3) is 5.69 Å². The Labute approximate surface area is 158 Å². The van der Waals surface area contributed by atoms with Crippen molar-refractivity contribution in [3.8, 4) is 5.69 Å². The average Bonchev–Trinajstić information content (AvgIpc) is 3.40. The normalized spacial score (nSPS) is 19.9. The van der Waals surface area contributed by atoms with Gasteiger partial charge in [0.2, 0.25) is 5.91 Å². The standard InChI is InChI=1S/C21H23N5O/c1-14-5-4-8-17(9-14)25-13-15(11-22-25)18-10-20(27)24-21-19(18)12-23-26(21)16-6-2-3-7-16/h4-5,8-9,11-13,16,18H,2-3,6-7,10H2,1H3,(H,24,27). The zero-order valence-electron chi connectivity index (χ0n) is 15.4. The molecule has 2 aliphatic rings. The lowest BCUT2D eigenvalue weighted by Gasteiger charge is -2.24. The molecule has 2 aromatic heterocycles. The fourth-order valence-corrected chi connectivity index (χ4v) is 4.39. The molecular weight excluding hydrogens is 338 g/mol. The number of nitrogens with one attached hydrogen (secondary N) is 1. The summed E-state index contributed by atoms with van der Waals surface area (Å²) in [5.74, 6) is 0.935. The molecule has 1 unspecified atom stereocenters. The number of nitrogens with zero attached hydrogens (tertiary/aromatic N) is 4. The van der Waals surface area contributed by atoms with Gasteiger partial charge in [-0.25, -0.2) is 9.36 Å². The summed E-state index contributed by atoms with van der Waals surface area (Å²) < 4.78 is 3.92. The van der Waals surface area contributed by atoms with Crippen LogP contribution in [0.3, 0.4) is 0 Å². The quantitative estimate of drug-likeness (QED) is 0.768. The molecule has 1 aromatic carbocycles. The molecule has 6 nitrogen and oxygen atoms in total. The fourth-order valence-electron chi connectivity index (χ4n) is 4.39. The first kappa shape index (κ1) is 16.3. The van der Waals surface area contributed by atoms with E-state index in [1.54, 1.807) is 0 Å². The van der Waals surface area contributed by atoms with Crippen LogP contribution in [0.15, 0.2) is 42.9 Å². The van der Waals surface area contributed by atoms with Gasteiger partial charge in [0.1, 0.15) is 5.82 Å². The Balaban J connectivity index is 1.51. The molecule has 27 heavy (non-hydrogen) atoms. The van der Waals surface area contributed by atoms with Crippen molar-refractivity contribution >= 4 is 11.7 Å². The summed E-state index contributed by atoms with van der Waals surface area (Å²) in [6, 6.07) is 8.66. The third-order valence-corrected chi connectivity index (χ3v) is 5.79. The SMILES string of the molecule is Cc1cccc(-n2cc(C3CC(=O)Nc4c3cnn4C3CCCC3)cn2)c1. The Bertz CT molecular complexity index is 996. The Morgan fingerprint density at radius 3 is 2.81 bits per heavy atom. The largest absolute Gasteiger partial charge is 0.311 e. The van der Waals surface area contributed by atoms with E-state index in [-0.39, 0.29) is 11.8 Å². The number of amides is 1. The maximum Gasteiger partial charge on any atom is 0.226 e. The highest BCUT2D eigenvalue weighted by molar-refractivity contribution is 5.94. The molecule has 0 radical (unpaired) electrons. The van der Waals surface area contributed by atoms with Gasteiger partial charge in [0.15, 0.2) is 0 Å². The van der Waals surface area contributed by atoms with Crippen LogP contribution in [0.5, 0.6) is 0 Å². The number of aryl methyl sites for hydroxylation is 1. The van der Waals surface area contributed by atoms with Crippen LogP contribution in [-0.2, 0) is 4.79 Å². The van der Waals surface area contributed by atoms with Crippen LogP contribution < -0.4 is 5.32 Å². The van der Waals surface area contributed by atoms with Crippen LogP contribution in [0.4, 0.5) is 5.82 Å². The third kappa shape index (κ3) is 2.85. The molecule has 1 saturated carbocycles. The summed E-state index contributed by atoms with van der Waals surface area (Å²) in [7, 11) is 0. The number of hydrogen-bond donors (Lipinski definition) is 1. The van der Waals surface area contributed by atoms with E-state index in [4.69, 9.17) is 0 Å². The summed E-state index contributed by atoms with van der Waals surface area (Å²) in [6.45, 7) is 2.07. The zero-order chi connectivity index (χ0) is 18.4. The molecule has 0 spiro atoms. The van der Waals surface area contributed by atoms with Gasteiger partial charge in [0.25, 0.3) is 0 Å². The number of anilines is 1. The van der Waals surface area contributed by atoms with Gasteiger partial charge in [-0.15, -0.1) is 0 Å². The molecule has 1 atom stereocenters. The number of rotatable bonds is 3. The number of fused-ring (bicyclic) bond motifs is 1. The van der Waals surface area contributed by atoms with E-state index in [1.165, 1.54) is 18.4 Å². The maximum atomic E-state index is 12.4. The number of hydrogen-bond acceptors (Lipinski definition) is 3. The second-order valence-electron chi connectivity index (χ2n) is 7.69. The van der Waals surface area contributed by atoms with Crippen molar-refractivity contribution in [2.75, 3.05) is 5.32 Å². The van der Waals surface area contributed by atoms with Gasteiger partial charge in [0.05, 0.1) is 24.1 Å². The molecule has 0 saturated heterocycles. The Morgan fingerprint density at radius 1 is 1.15 bits per heavy atom. The highest BCUT2D eigenvalue weighted by atomic mass is 16.1. The number of carbonyl (C=O) groups excluding carboxylic acids is 1. The van der Waals surface area contributed by atoms with Crippen molar-refractivity contribution in [1.82, 2.24) is 19.6 Å². The van der Waals surface area contributed by atoms with Crippen LogP contribution >= 0.6 is 0 Å². The lowest BCUT2D eigenvalue weighted by atomic mass is 9.89. The van der Waals surface area contributed by atoms with Crippen molar-refractivity contribution in [3.63, 3.8) is 0 Å². The van der Waals surface area contributed by atoms with Gasteiger partial charge in [-0.1, -0.05) is 25.0 Å². The summed E-state index contributed by atoms with van der Waals surface area (Å²) in [5, 5.41) is 12.2. The van der Waals surface area contributed by atoms with Gasteiger partial charge in [-0.3, -0.25) is 4.79 Å². The number of aromatic nitrogens is 4. The molecular formula is C21H23N5O. The number of carbonyl (C=O) groups is 1. The van der Waals surface area contributed by atoms with Gasteiger partial charge in [0, 0.05) is 24.1 Å². The van der Waals surface area contributed by atoms with E-state index in [1.807, 2.05) is 40.1 Å². The van der Waals surface area contributed by atoms with Gasteiger partial charge < -0.3 is 5.32 Å². The molecule has 3 heterocycles. The van der Waals surface area contributed by atoms with Crippen LogP contribution in [-0.4, -0.2) is 25.5 Å². The maximum absolute atomic E-state index is 12.4. The lowest BCUT2D eigenvalue weighted by Crippen LogP contribution is -2.25. The van der Waals surface area contributed by atoms with Crippen LogP contribution in [0, 0.1) is 6.92 Å².